The maximum absolute atomic E-state index is 13.6. The molecule has 1 heterocycles. The Morgan fingerprint density at radius 3 is 2.72 bits per heavy atom. The van der Waals surface area contributed by atoms with E-state index in [0.29, 0.717) is 12.1 Å². The van der Waals surface area contributed by atoms with Gasteiger partial charge >= 0.3 is 0 Å². The lowest BCUT2D eigenvalue weighted by molar-refractivity contribution is 0.518. The molecule has 1 unspecified atom stereocenters. The molecular formula is C14H15F2NS. The maximum Gasteiger partial charge on any atom is 0.128 e. The number of hydrogen-bond acceptors (Lipinski definition) is 2. The van der Waals surface area contributed by atoms with Crippen molar-refractivity contribution in [1.82, 2.24) is 5.32 Å². The second-order valence-electron chi connectivity index (χ2n) is 4.35. The number of rotatable bonds is 4. The molecule has 0 spiro atoms. The number of nitrogens with one attached hydrogen (secondary N) is 1. The fourth-order valence-corrected chi connectivity index (χ4v) is 2.64. The predicted octanol–water partition coefficient (Wildman–Crippen LogP) is 4.19. The molecule has 1 aromatic heterocycles. The summed E-state index contributed by atoms with van der Waals surface area (Å²) in [6.07, 6.45) is 0. The summed E-state index contributed by atoms with van der Waals surface area (Å²) in [6.45, 7) is 4.53. The minimum absolute atomic E-state index is 0.222. The summed E-state index contributed by atoms with van der Waals surface area (Å²) < 4.78 is 26.7. The van der Waals surface area contributed by atoms with Crippen LogP contribution in [0.4, 0.5) is 8.78 Å². The fourth-order valence-electron chi connectivity index (χ4n) is 1.79. The van der Waals surface area contributed by atoms with Crippen LogP contribution in [0.15, 0.2) is 29.0 Å². The lowest BCUT2D eigenvalue weighted by Crippen LogP contribution is -2.19. The van der Waals surface area contributed by atoms with Gasteiger partial charge in [0.2, 0.25) is 0 Å². The number of aryl methyl sites for hydroxylation is 1. The van der Waals surface area contributed by atoms with Crippen molar-refractivity contribution < 1.29 is 8.78 Å². The van der Waals surface area contributed by atoms with Gasteiger partial charge in [0, 0.05) is 18.2 Å². The summed E-state index contributed by atoms with van der Waals surface area (Å²) in [7, 11) is 0. The highest BCUT2D eigenvalue weighted by atomic mass is 32.1. The van der Waals surface area contributed by atoms with Crippen molar-refractivity contribution >= 4 is 11.3 Å². The number of halogens is 2. The molecule has 0 fully saturated rings. The van der Waals surface area contributed by atoms with Crippen molar-refractivity contribution in [2.45, 2.75) is 26.4 Å². The van der Waals surface area contributed by atoms with E-state index in [4.69, 9.17) is 0 Å². The Morgan fingerprint density at radius 1 is 1.28 bits per heavy atom. The average Bonchev–Trinajstić information content (AvgIpc) is 2.75. The van der Waals surface area contributed by atoms with Crippen LogP contribution in [0.1, 0.15) is 29.7 Å². The van der Waals surface area contributed by atoms with Crippen molar-refractivity contribution in [3.05, 3.63) is 57.3 Å². The maximum atomic E-state index is 13.6. The standard InChI is InChI=1S/C14H15F2NS/c1-9-7-18-8-11(9)6-17-10(2)13-5-12(15)3-4-14(13)16/h3-5,7-8,10,17H,6H2,1-2H3. The van der Waals surface area contributed by atoms with Gasteiger partial charge in [-0.2, -0.15) is 11.3 Å². The fraction of sp³-hybridized carbons (Fsp3) is 0.286. The van der Waals surface area contributed by atoms with Crippen LogP contribution in [0, 0.1) is 18.6 Å². The van der Waals surface area contributed by atoms with E-state index in [1.807, 2.05) is 13.8 Å². The third-order valence-corrected chi connectivity index (χ3v) is 3.90. The van der Waals surface area contributed by atoms with Crippen molar-refractivity contribution in [3.8, 4) is 0 Å². The van der Waals surface area contributed by atoms with Crippen LogP contribution in [0.5, 0.6) is 0 Å². The van der Waals surface area contributed by atoms with E-state index in [-0.39, 0.29) is 11.9 Å². The molecule has 2 aromatic rings. The number of hydrogen-bond donors (Lipinski definition) is 1. The molecule has 0 bridgehead atoms. The summed E-state index contributed by atoms with van der Waals surface area (Å²) in [5.41, 5.74) is 2.78. The summed E-state index contributed by atoms with van der Waals surface area (Å²) in [5.74, 6) is -0.787. The first-order valence-corrected chi connectivity index (χ1v) is 6.72. The van der Waals surface area contributed by atoms with E-state index in [0.717, 1.165) is 6.07 Å². The molecule has 96 valence electrons. The molecule has 0 aliphatic rings. The summed E-state index contributed by atoms with van der Waals surface area (Å²) in [6, 6.07) is 3.32. The van der Waals surface area contributed by atoms with Crippen molar-refractivity contribution in [1.29, 1.82) is 0 Å². The number of thiophene rings is 1. The highest BCUT2D eigenvalue weighted by Crippen LogP contribution is 2.20. The molecule has 2 rings (SSSR count). The van der Waals surface area contributed by atoms with Crippen LogP contribution < -0.4 is 5.32 Å². The lowest BCUT2D eigenvalue weighted by atomic mass is 10.1. The molecule has 0 amide bonds. The average molecular weight is 267 g/mol. The normalized spacial score (nSPS) is 12.7. The van der Waals surface area contributed by atoms with Gasteiger partial charge in [0.25, 0.3) is 0 Å². The quantitative estimate of drug-likeness (QED) is 0.876. The van der Waals surface area contributed by atoms with E-state index >= 15 is 0 Å². The van der Waals surface area contributed by atoms with Crippen LogP contribution in [0.25, 0.3) is 0 Å². The molecule has 1 aromatic carbocycles. The van der Waals surface area contributed by atoms with E-state index in [9.17, 15) is 8.78 Å². The number of benzene rings is 1. The van der Waals surface area contributed by atoms with Crippen molar-refractivity contribution in [2.75, 3.05) is 0 Å². The summed E-state index contributed by atoms with van der Waals surface area (Å²) >= 11 is 1.65. The second-order valence-corrected chi connectivity index (χ2v) is 5.09. The minimum atomic E-state index is -0.410. The van der Waals surface area contributed by atoms with Crippen LogP contribution in [-0.4, -0.2) is 0 Å². The molecule has 1 nitrogen and oxygen atoms in total. The van der Waals surface area contributed by atoms with Gasteiger partial charge in [-0.3, -0.25) is 0 Å². The molecule has 0 saturated carbocycles. The molecule has 18 heavy (non-hydrogen) atoms. The van der Waals surface area contributed by atoms with Crippen molar-refractivity contribution in [2.24, 2.45) is 0 Å². The van der Waals surface area contributed by atoms with Crippen LogP contribution in [0.3, 0.4) is 0 Å². The Morgan fingerprint density at radius 2 is 2.06 bits per heavy atom. The first-order chi connectivity index (χ1) is 8.58. The third kappa shape index (κ3) is 2.94. The smallest absolute Gasteiger partial charge is 0.128 e. The van der Waals surface area contributed by atoms with Gasteiger partial charge in [-0.05, 0) is 53.9 Å². The lowest BCUT2D eigenvalue weighted by Gasteiger charge is -2.15. The highest BCUT2D eigenvalue weighted by Gasteiger charge is 2.12. The highest BCUT2D eigenvalue weighted by molar-refractivity contribution is 7.08. The van der Waals surface area contributed by atoms with Crippen LogP contribution >= 0.6 is 11.3 Å². The molecule has 0 aliphatic carbocycles. The monoisotopic (exact) mass is 267 g/mol. The van der Waals surface area contributed by atoms with E-state index in [1.54, 1.807) is 11.3 Å². The zero-order chi connectivity index (χ0) is 13.1. The van der Waals surface area contributed by atoms with Gasteiger partial charge < -0.3 is 5.32 Å². The van der Waals surface area contributed by atoms with Gasteiger partial charge in [0.1, 0.15) is 11.6 Å². The summed E-state index contributed by atoms with van der Waals surface area (Å²) in [4.78, 5) is 0. The molecular weight excluding hydrogens is 252 g/mol. The van der Waals surface area contributed by atoms with Crippen LogP contribution in [-0.2, 0) is 6.54 Å². The van der Waals surface area contributed by atoms with Crippen molar-refractivity contribution in [3.63, 3.8) is 0 Å². The van der Waals surface area contributed by atoms with E-state index < -0.39 is 5.82 Å². The molecule has 0 saturated heterocycles. The molecule has 4 heteroatoms. The zero-order valence-electron chi connectivity index (χ0n) is 10.3. The van der Waals surface area contributed by atoms with Gasteiger partial charge in [-0.25, -0.2) is 8.78 Å². The second kappa shape index (κ2) is 5.59. The minimum Gasteiger partial charge on any atom is -0.306 e. The van der Waals surface area contributed by atoms with E-state index in [1.165, 1.54) is 23.3 Å². The van der Waals surface area contributed by atoms with Crippen LogP contribution in [0.2, 0.25) is 0 Å². The van der Waals surface area contributed by atoms with Gasteiger partial charge in [0.15, 0.2) is 0 Å². The van der Waals surface area contributed by atoms with Gasteiger partial charge in [0.05, 0.1) is 0 Å². The molecule has 0 radical (unpaired) electrons. The first kappa shape index (κ1) is 13.2. The summed E-state index contributed by atoms with van der Waals surface area (Å²) in [5, 5.41) is 7.35. The van der Waals surface area contributed by atoms with Gasteiger partial charge in [-0.1, -0.05) is 0 Å². The van der Waals surface area contributed by atoms with Gasteiger partial charge in [-0.15, -0.1) is 0 Å². The molecule has 0 aliphatic heterocycles. The van der Waals surface area contributed by atoms with E-state index in [2.05, 4.69) is 16.1 Å². The first-order valence-electron chi connectivity index (χ1n) is 5.78. The topological polar surface area (TPSA) is 12.0 Å². The Labute approximate surface area is 109 Å². The third-order valence-electron chi connectivity index (χ3n) is 2.98. The Bertz CT molecular complexity index is 536. The molecule has 1 N–H and O–H groups in total. The Hall–Kier alpha value is -1.26. The molecule has 1 atom stereocenters. The SMILES string of the molecule is Cc1cscc1CNC(C)c1cc(F)ccc1F. The largest absolute Gasteiger partial charge is 0.306 e. The Balaban J connectivity index is 2.06. The Kier molecular flexibility index (Phi) is 4.09. The zero-order valence-corrected chi connectivity index (χ0v) is 11.2. The predicted molar refractivity (Wildman–Crippen MR) is 70.7 cm³/mol.